The first-order chi connectivity index (χ1) is 54.3. The molecule has 0 bridgehead atoms. The first-order valence-electron chi connectivity index (χ1n) is 37.7. The van der Waals surface area contributed by atoms with Crippen LogP contribution in [0.5, 0.6) is 11.5 Å². The maximum absolute atomic E-state index is 13.8. The van der Waals surface area contributed by atoms with Crippen molar-refractivity contribution in [2.24, 2.45) is 11.8 Å². The van der Waals surface area contributed by atoms with E-state index in [1.807, 2.05) is 77.7 Å². The van der Waals surface area contributed by atoms with E-state index in [1.165, 1.54) is 29.8 Å². The number of aliphatic carboxylic acids is 1. The van der Waals surface area contributed by atoms with Gasteiger partial charge < -0.3 is 55.0 Å². The summed E-state index contributed by atoms with van der Waals surface area (Å²) in [7, 11) is 0. The number of ether oxygens (including phenoxy) is 7. The summed E-state index contributed by atoms with van der Waals surface area (Å²) in [6, 6.07) is 51.8. The minimum Gasteiger partial charge on any atom is -1.00 e. The van der Waals surface area contributed by atoms with Crippen molar-refractivity contribution >= 4 is 102 Å². The van der Waals surface area contributed by atoms with E-state index < -0.39 is 40.3 Å². The van der Waals surface area contributed by atoms with Crippen LogP contribution in [0.15, 0.2) is 170 Å². The van der Waals surface area contributed by atoms with Crippen molar-refractivity contribution < 1.29 is 162 Å². The maximum atomic E-state index is 13.8. The molecule has 7 aromatic carbocycles. The molecular weight excluding hydrogens is 1800 g/mol. The number of nitriles is 2. The van der Waals surface area contributed by atoms with Crippen LogP contribution in [-0.4, -0.2) is 155 Å². The number of nitrogens with zero attached hydrogens (tertiary/aromatic N) is 4. The van der Waals surface area contributed by atoms with E-state index in [0.717, 1.165) is 160 Å². The second kappa shape index (κ2) is 55.0. The van der Waals surface area contributed by atoms with Crippen molar-refractivity contribution in [3.05, 3.63) is 234 Å². The number of likely N-dealkylation sites (tertiary alicyclic amines) is 2. The van der Waals surface area contributed by atoms with Gasteiger partial charge in [-0.1, -0.05) is 165 Å². The summed E-state index contributed by atoms with van der Waals surface area (Å²) in [5.74, 6) is 0.677. The van der Waals surface area contributed by atoms with Crippen LogP contribution in [0.2, 0.25) is 25.1 Å². The van der Waals surface area contributed by atoms with Gasteiger partial charge in [0.15, 0.2) is 0 Å². The summed E-state index contributed by atoms with van der Waals surface area (Å²) in [6.45, 7) is 11.6. The van der Waals surface area contributed by atoms with Gasteiger partial charge in [-0.2, -0.15) is 36.9 Å². The van der Waals surface area contributed by atoms with E-state index >= 15 is 0 Å². The number of halogens is 13. The third kappa shape index (κ3) is 33.7. The number of carboxylic acids is 1. The molecule has 0 aliphatic carbocycles. The van der Waals surface area contributed by atoms with Crippen molar-refractivity contribution in [3.8, 4) is 23.6 Å². The number of carbonyl (C=O) groups is 2. The van der Waals surface area contributed by atoms with Crippen LogP contribution < -0.4 is 90.4 Å². The van der Waals surface area contributed by atoms with Gasteiger partial charge >= 0.3 is 99.3 Å². The zero-order valence-electron chi connectivity index (χ0n) is 66.2. The predicted octanol–water partition coefficient (Wildman–Crippen LogP) is 16.7. The molecule has 0 saturated carbocycles. The Morgan fingerprint density at radius 1 is 0.508 bits per heavy atom. The van der Waals surface area contributed by atoms with E-state index in [2.05, 4.69) is 61.0 Å². The zero-order valence-corrected chi connectivity index (χ0v) is 77.3. The van der Waals surface area contributed by atoms with E-state index in [4.69, 9.17) is 96.4 Å². The Bertz CT molecular complexity index is 4090. The van der Waals surface area contributed by atoms with Crippen LogP contribution >= 0.6 is 89.9 Å². The molecule has 6 heterocycles. The van der Waals surface area contributed by atoms with Crippen molar-refractivity contribution in [1.82, 2.24) is 9.80 Å². The molecule has 0 radical (unpaired) electrons. The summed E-state index contributed by atoms with van der Waals surface area (Å²) < 4.78 is 115. The number of carbonyl (C=O) groups excluding carboxylic acids is 1. The average Bonchev–Trinajstić information content (AvgIpc) is 0.781. The molecular formula is C88H105Br2Cl5F6KN4NaO11. The second-order valence-corrected chi connectivity index (χ2v) is 32.3. The van der Waals surface area contributed by atoms with Gasteiger partial charge in [0.05, 0.1) is 72.4 Å². The third-order valence-electron chi connectivity index (χ3n) is 21.1. The van der Waals surface area contributed by atoms with Crippen LogP contribution in [0.25, 0.3) is 0 Å². The molecule has 6 saturated heterocycles. The molecule has 15 nitrogen and oxygen atoms in total. The number of benzene rings is 7. The number of carboxylic acid groups (broad SMARTS) is 1. The molecule has 1 amide bonds. The number of piperidine rings is 2. The van der Waals surface area contributed by atoms with E-state index in [9.17, 15) is 46.3 Å². The van der Waals surface area contributed by atoms with Gasteiger partial charge in [-0.15, -0.1) is 0 Å². The van der Waals surface area contributed by atoms with Crippen LogP contribution in [0.1, 0.15) is 132 Å². The summed E-state index contributed by atoms with van der Waals surface area (Å²) in [5.41, 5.74) is 2.05. The molecule has 2 N–H and O–H groups in total. The minimum atomic E-state index is -4.37. The fourth-order valence-corrected chi connectivity index (χ4v) is 15.7. The average molecular weight is 1910 g/mol. The van der Waals surface area contributed by atoms with Gasteiger partial charge in [0.25, 0.3) is 0 Å². The fourth-order valence-electron chi connectivity index (χ4n) is 14.6. The fraction of sp³-hybridized carbons (Fsp3) is 0.477. The zero-order chi connectivity index (χ0) is 81.3. The van der Waals surface area contributed by atoms with Crippen molar-refractivity contribution in [2.75, 3.05) is 123 Å². The minimum absolute atomic E-state index is 0. The number of alkyl halides is 8. The first kappa shape index (κ1) is 109. The molecule has 30 heteroatoms. The monoisotopic (exact) mass is 1900 g/mol. The van der Waals surface area contributed by atoms with Gasteiger partial charge in [-0.25, -0.2) is 0 Å². The Morgan fingerprint density at radius 2 is 0.864 bits per heavy atom. The molecule has 2 atom stereocenters. The van der Waals surface area contributed by atoms with Crippen molar-refractivity contribution in [1.29, 1.82) is 10.5 Å². The molecule has 118 heavy (non-hydrogen) atoms. The number of hydrogen-bond acceptors (Lipinski definition) is 13. The molecule has 0 aromatic heterocycles. The predicted molar refractivity (Wildman–Crippen MR) is 454 cm³/mol. The molecule has 6 aliphatic rings. The van der Waals surface area contributed by atoms with Crippen LogP contribution in [0, 0.1) is 34.5 Å². The number of rotatable bonds is 19. The van der Waals surface area contributed by atoms with Crippen LogP contribution in [-0.2, 0) is 73.7 Å². The van der Waals surface area contributed by atoms with Gasteiger partial charge in [0.2, 0.25) is 5.91 Å². The van der Waals surface area contributed by atoms with Gasteiger partial charge in [0, 0.05) is 132 Å². The molecule has 7 aromatic rings. The molecule has 6 fully saturated rings. The summed E-state index contributed by atoms with van der Waals surface area (Å²) in [5, 5.41) is 32.3. The third-order valence-corrected chi connectivity index (χ3v) is 23.0. The Balaban J connectivity index is 0.000000514. The Morgan fingerprint density at radius 3 is 1.25 bits per heavy atom. The van der Waals surface area contributed by atoms with Crippen LogP contribution in [0.3, 0.4) is 0 Å². The Kier molecular flexibility index (Phi) is 50.6. The SMILES string of the molecule is BrCCOCCBr.C.C.FC(F)(F)c1ccc(OCC2CCCN(CC3(c4ccc(Cl)cc4)CCOCC3)C2)cc1.N#CC1(c2ccc(Cl)cc2)CCOCC1.N#CCc1ccc(Cl)cc1.O=C(N1CCCC(COc2ccc(C(F)(F)F)cc2)C1)C1(c2ccc(Cl)cc2)CCOCC1.O=C(O)C1(c2ccc(Cl)cc2)CCOCC1.[H-].[K+].[Na+].[OH-]. The van der Waals surface area contributed by atoms with Crippen molar-refractivity contribution in [2.45, 2.75) is 132 Å². The standard InChI is InChI=1S/C25H27ClF3NO3.C25H29ClF3NO2.C12H12ClNO.C12H13ClO3.C8H6ClN.C4H8Br2O.2CH4.K.Na.H2O.H/c26-21-7-3-19(4-8-21)24(11-14-32-15-12-24)23(31)30-13-1-2-18(16-30)17-33-22-9-5-20(6-10-22)25(27,28)29;26-22-7-3-20(4-8-22)24(11-14-31-15-12-24)18-30-13-1-2-19(16-30)17-32-23-9-5-21(6-10-23)25(27,28)29;13-11-3-1-10(2-4-11)12(9-14)5-7-15-8-6-12;13-10-3-1-9(2-4-10)12(11(14)15)5-7-16-8-6-12;9-8-3-1-7(2-4-8)5-6-10;5-1-3-7-4-2-6;;;;;;/h3-10,18H,1-2,11-17H2;3-10,19H,1-2,11-18H2;1-4H,5-8H2;1-4H,5-8H2,(H,14,15);1-4H,5H2;1-4H2;2*1H4;;;1H2;/q;;;;;;;;2*+1;;-1/p-1. The van der Waals surface area contributed by atoms with E-state index in [-0.39, 0.29) is 125 Å². The molecule has 6 aliphatic heterocycles. The number of amides is 1. The van der Waals surface area contributed by atoms with Crippen molar-refractivity contribution in [3.63, 3.8) is 0 Å². The summed E-state index contributed by atoms with van der Waals surface area (Å²) in [4.78, 5) is 29.7. The smallest absolute Gasteiger partial charge is 1.00 e. The molecule has 2 unspecified atom stereocenters. The van der Waals surface area contributed by atoms with Gasteiger partial charge in [-0.3, -0.25) is 9.59 Å². The Hall–Kier alpha value is -3.59. The van der Waals surface area contributed by atoms with Gasteiger partial charge in [-0.05, 0) is 221 Å². The molecule has 0 spiro atoms. The maximum Gasteiger partial charge on any atom is 1.00 e. The number of hydrogen-bond donors (Lipinski definition) is 1. The summed E-state index contributed by atoms with van der Waals surface area (Å²) in [6.07, 6.45) is 1.47. The molecule has 13 rings (SSSR count). The van der Waals surface area contributed by atoms with E-state index in [0.29, 0.717) is 136 Å². The first-order valence-corrected chi connectivity index (χ1v) is 41.8. The second-order valence-electron chi connectivity index (χ2n) is 28.5. The Labute approximate surface area is 799 Å². The molecule has 636 valence electrons. The topological polar surface area (TPSA) is 203 Å². The quantitative estimate of drug-likeness (QED) is 0.0346. The summed E-state index contributed by atoms with van der Waals surface area (Å²) >= 11 is 35.9. The normalized spacial score (nSPS) is 18.2. The van der Waals surface area contributed by atoms with E-state index in [1.54, 1.807) is 36.4 Å². The van der Waals surface area contributed by atoms with Crippen LogP contribution in [0.4, 0.5) is 26.3 Å². The van der Waals surface area contributed by atoms with Gasteiger partial charge in [0.1, 0.15) is 11.5 Å². The largest absolute Gasteiger partial charge is 1.00 e.